The van der Waals surface area contributed by atoms with Gasteiger partial charge in [-0.3, -0.25) is 0 Å². The maximum absolute atomic E-state index is 6.79. The molecule has 0 spiro atoms. The van der Waals surface area contributed by atoms with Gasteiger partial charge < -0.3 is 13.7 Å². The Morgan fingerprint density at radius 3 is 1.69 bits per heavy atom. The van der Waals surface area contributed by atoms with Crippen LogP contribution in [0.1, 0.15) is 0 Å². The van der Waals surface area contributed by atoms with Gasteiger partial charge in [0.25, 0.3) is 0 Å². The number of benzene rings is 10. The maximum atomic E-state index is 6.79. The number of nitrogens with zero attached hydrogens (tertiary/aromatic N) is 1. The molecular weight excluding hydrogens is 719 g/mol. The summed E-state index contributed by atoms with van der Waals surface area (Å²) in [5, 5.41) is 9.23. The van der Waals surface area contributed by atoms with Crippen LogP contribution in [0.5, 0.6) is 0 Å². The Bertz CT molecular complexity index is 3540. The summed E-state index contributed by atoms with van der Waals surface area (Å²) in [7, 11) is 0. The van der Waals surface area contributed by atoms with Gasteiger partial charge in [-0.15, -0.1) is 0 Å². The third-order valence-corrected chi connectivity index (χ3v) is 11.9. The van der Waals surface area contributed by atoms with E-state index in [9.17, 15) is 0 Å². The predicted molar refractivity (Wildman–Crippen MR) is 247 cm³/mol. The van der Waals surface area contributed by atoms with E-state index in [1.165, 1.54) is 21.5 Å². The summed E-state index contributed by atoms with van der Waals surface area (Å²) < 4.78 is 13.4. The fraction of sp³-hybridized carbons (Fsp3) is 0. The lowest BCUT2D eigenvalue weighted by Gasteiger charge is -2.28. The van der Waals surface area contributed by atoms with Crippen molar-refractivity contribution in [1.82, 2.24) is 0 Å². The van der Waals surface area contributed by atoms with Crippen LogP contribution >= 0.6 is 0 Å². The lowest BCUT2D eigenvalue weighted by Crippen LogP contribution is -2.11. The van der Waals surface area contributed by atoms with Crippen LogP contribution < -0.4 is 4.90 Å². The Balaban J connectivity index is 1.09. The number of fused-ring (bicyclic) bond motifs is 9. The summed E-state index contributed by atoms with van der Waals surface area (Å²) in [5.41, 5.74) is 13.4. The van der Waals surface area contributed by atoms with Crippen molar-refractivity contribution in [2.24, 2.45) is 0 Å². The third-order valence-electron chi connectivity index (χ3n) is 11.9. The van der Waals surface area contributed by atoms with Crippen LogP contribution in [0.4, 0.5) is 17.1 Å². The first-order valence-corrected chi connectivity index (χ1v) is 20.1. The van der Waals surface area contributed by atoms with Crippen LogP contribution in [0.25, 0.3) is 98.8 Å². The lowest BCUT2D eigenvalue weighted by molar-refractivity contribution is 0.669. The Kier molecular flexibility index (Phi) is 7.54. The molecule has 0 amide bonds. The van der Waals surface area contributed by atoms with E-state index in [0.717, 1.165) is 94.3 Å². The molecule has 276 valence electrons. The zero-order valence-corrected chi connectivity index (χ0v) is 32.0. The monoisotopic (exact) mass is 753 g/mol. The van der Waals surface area contributed by atoms with E-state index in [0.29, 0.717) is 0 Å². The highest BCUT2D eigenvalue weighted by atomic mass is 16.3. The molecule has 0 radical (unpaired) electrons. The number of hydrogen-bond acceptors (Lipinski definition) is 3. The van der Waals surface area contributed by atoms with E-state index in [-0.39, 0.29) is 0 Å². The first-order valence-electron chi connectivity index (χ1n) is 20.1. The van der Waals surface area contributed by atoms with Crippen LogP contribution in [-0.4, -0.2) is 0 Å². The second-order valence-corrected chi connectivity index (χ2v) is 15.2. The van der Waals surface area contributed by atoms with E-state index in [1.807, 2.05) is 12.1 Å². The summed E-state index contributed by atoms with van der Waals surface area (Å²) in [5.74, 6) is 0. The zero-order valence-electron chi connectivity index (χ0n) is 32.0. The molecule has 0 aliphatic carbocycles. The van der Waals surface area contributed by atoms with Gasteiger partial charge in [-0.2, -0.15) is 0 Å². The van der Waals surface area contributed by atoms with Crippen molar-refractivity contribution >= 4 is 82.5 Å². The van der Waals surface area contributed by atoms with Gasteiger partial charge in [-0.1, -0.05) is 170 Å². The van der Waals surface area contributed by atoms with Crippen molar-refractivity contribution in [1.29, 1.82) is 0 Å². The highest BCUT2D eigenvalue weighted by Crippen LogP contribution is 2.49. The molecule has 3 nitrogen and oxygen atoms in total. The molecule has 0 aliphatic heterocycles. The third kappa shape index (κ3) is 5.29. The van der Waals surface area contributed by atoms with Crippen molar-refractivity contribution in [2.45, 2.75) is 0 Å². The molecule has 0 unspecified atom stereocenters. The van der Waals surface area contributed by atoms with Crippen molar-refractivity contribution in [3.05, 3.63) is 212 Å². The van der Waals surface area contributed by atoms with Crippen LogP contribution in [0.3, 0.4) is 0 Å². The molecular formula is C56H35NO2. The average molecular weight is 754 g/mol. The van der Waals surface area contributed by atoms with Crippen molar-refractivity contribution in [3.8, 4) is 33.4 Å². The van der Waals surface area contributed by atoms with Crippen LogP contribution in [-0.2, 0) is 0 Å². The summed E-state index contributed by atoms with van der Waals surface area (Å²) >= 11 is 0. The number of hydrogen-bond donors (Lipinski definition) is 0. The largest absolute Gasteiger partial charge is 0.455 e. The number of anilines is 3. The van der Waals surface area contributed by atoms with Crippen molar-refractivity contribution in [3.63, 3.8) is 0 Å². The molecule has 2 heterocycles. The summed E-state index contributed by atoms with van der Waals surface area (Å²) in [6.07, 6.45) is 0. The SMILES string of the molecule is c1ccc(-c2cccc3c2oc2cccc(-c4ccc(N(c5cccc6c5ccc5ccccc56)c5ccc(-c6ccccc6)c6oc7ccccc7c56)cc4)c23)cc1. The highest BCUT2D eigenvalue weighted by Gasteiger charge is 2.24. The van der Waals surface area contributed by atoms with E-state index < -0.39 is 0 Å². The predicted octanol–water partition coefficient (Wildman–Crippen LogP) is 16.3. The molecule has 3 heteroatoms. The minimum Gasteiger partial charge on any atom is -0.455 e. The van der Waals surface area contributed by atoms with Gasteiger partial charge in [0.05, 0.1) is 16.8 Å². The zero-order chi connectivity index (χ0) is 38.9. The highest BCUT2D eigenvalue weighted by molar-refractivity contribution is 6.20. The van der Waals surface area contributed by atoms with Gasteiger partial charge in [0.1, 0.15) is 22.3 Å². The number of para-hydroxylation sites is 2. The molecule has 2 aromatic heterocycles. The minimum absolute atomic E-state index is 0.863. The van der Waals surface area contributed by atoms with Crippen LogP contribution in [0.15, 0.2) is 221 Å². The first-order chi connectivity index (χ1) is 29.3. The molecule has 12 rings (SSSR count). The van der Waals surface area contributed by atoms with Gasteiger partial charge in [-0.05, 0) is 80.9 Å². The fourth-order valence-electron chi connectivity index (χ4n) is 9.19. The standard InChI is InChI=1S/C56H35NO2/c1-3-14-36(15-4-1)43-22-11-24-48-53-42(21-13-27-52(53)59-55(43)48)39-28-31-40(32-29-39)57(49-25-12-23-45-41-19-8-7-18-38(41)30-33-46(45)49)50-35-34-44(37-16-5-2-6-17-37)56-54(50)47-20-9-10-26-51(47)58-56/h1-35H. The minimum atomic E-state index is 0.863. The van der Waals surface area contributed by atoms with E-state index in [4.69, 9.17) is 8.83 Å². The lowest BCUT2D eigenvalue weighted by atomic mass is 9.96. The van der Waals surface area contributed by atoms with Gasteiger partial charge >= 0.3 is 0 Å². The normalized spacial score (nSPS) is 11.7. The summed E-state index contributed by atoms with van der Waals surface area (Å²) in [6, 6.07) is 75.5. The van der Waals surface area contributed by atoms with Crippen LogP contribution in [0, 0.1) is 0 Å². The number of rotatable bonds is 6. The molecule has 0 atom stereocenters. The summed E-state index contributed by atoms with van der Waals surface area (Å²) in [4.78, 5) is 2.42. The molecule has 0 bridgehead atoms. The van der Waals surface area contributed by atoms with Gasteiger partial charge in [-0.25, -0.2) is 0 Å². The quantitative estimate of drug-likeness (QED) is 0.158. The second-order valence-electron chi connectivity index (χ2n) is 15.2. The molecule has 59 heavy (non-hydrogen) atoms. The van der Waals surface area contributed by atoms with E-state index >= 15 is 0 Å². The molecule has 0 fully saturated rings. The molecule has 12 aromatic rings. The Morgan fingerprint density at radius 2 is 0.881 bits per heavy atom. The van der Waals surface area contributed by atoms with Crippen LogP contribution in [0.2, 0.25) is 0 Å². The van der Waals surface area contributed by atoms with E-state index in [2.05, 4.69) is 205 Å². The van der Waals surface area contributed by atoms with Crippen molar-refractivity contribution in [2.75, 3.05) is 4.90 Å². The molecule has 0 N–H and O–H groups in total. The van der Waals surface area contributed by atoms with Gasteiger partial charge in [0, 0.05) is 38.4 Å². The molecule has 0 saturated carbocycles. The average Bonchev–Trinajstić information content (AvgIpc) is 3.90. The maximum Gasteiger partial charge on any atom is 0.145 e. The van der Waals surface area contributed by atoms with Gasteiger partial charge in [0.15, 0.2) is 0 Å². The Labute approximate surface area is 340 Å². The summed E-state index contributed by atoms with van der Waals surface area (Å²) in [6.45, 7) is 0. The Morgan fingerprint density at radius 1 is 0.288 bits per heavy atom. The number of furan rings is 2. The topological polar surface area (TPSA) is 29.5 Å². The molecule has 10 aromatic carbocycles. The Hall–Kier alpha value is -7.88. The second kappa shape index (κ2) is 13.4. The fourth-order valence-corrected chi connectivity index (χ4v) is 9.19. The smallest absolute Gasteiger partial charge is 0.145 e. The molecule has 0 aliphatic rings. The molecule has 0 saturated heterocycles. The first kappa shape index (κ1) is 33.3. The van der Waals surface area contributed by atoms with Gasteiger partial charge in [0.2, 0.25) is 0 Å². The van der Waals surface area contributed by atoms with Crippen molar-refractivity contribution < 1.29 is 8.83 Å². The van der Waals surface area contributed by atoms with E-state index in [1.54, 1.807) is 0 Å².